The third kappa shape index (κ3) is 4.30. The monoisotopic (exact) mass is 525 g/mol. The smallest absolute Gasteiger partial charge is 0.225 e. The number of nitrogens with zero attached hydrogens (tertiary/aromatic N) is 5. The summed E-state index contributed by atoms with van der Waals surface area (Å²) in [6.07, 6.45) is 5.51. The number of hydrogen-bond acceptors (Lipinski definition) is 6. The van der Waals surface area contributed by atoms with Crippen LogP contribution >= 0.6 is 23.2 Å². The summed E-state index contributed by atoms with van der Waals surface area (Å²) in [6, 6.07) is 7.26. The SMILES string of the molecule is NC(=O)C1Cc2nc(-c3ccc(Cl)c(Cl)c3)n(-c3ccnc(N[C@@H]4CCN(C(=O)C5CC5)C4)n3)c2C1. The van der Waals surface area contributed by atoms with Gasteiger partial charge in [0, 0.05) is 61.3 Å². The molecule has 1 aliphatic heterocycles. The number of halogens is 2. The third-order valence-electron chi connectivity index (χ3n) is 7.15. The summed E-state index contributed by atoms with van der Waals surface area (Å²) in [5, 5.41) is 4.28. The Kier molecular flexibility index (Phi) is 5.84. The van der Waals surface area contributed by atoms with Crippen molar-refractivity contribution in [3.63, 3.8) is 0 Å². The summed E-state index contributed by atoms with van der Waals surface area (Å²) < 4.78 is 1.95. The van der Waals surface area contributed by atoms with Crippen LogP contribution in [-0.4, -0.2) is 55.4 Å². The molecule has 1 saturated carbocycles. The lowest BCUT2D eigenvalue weighted by Crippen LogP contribution is -2.32. The molecule has 1 saturated heterocycles. The second kappa shape index (κ2) is 9.05. The molecule has 11 heteroatoms. The molecule has 186 valence electrons. The maximum absolute atomic E-state index is 12.4. The summed E-state index contributed by atoms with van der Waals surface area (Å²) in [4.78, 5) is 40.3. The van der Waals surface area contributed by atoms with Crippen LogP contribution in [0, 0.1) is 11.8 Å². The van der Waals surface area contributed by atoms with Gasteiger partial charge in [-0.2, -0.15) is 4.98 Å². The second-order valence-electron chi connectivity index (χ2n) is 9.73. The first-order valence-corrected chi connectivity index (χ1v) is 12.9. The molecule has 3 N–H and O–H groups in total. The van der Waals surface area contributed by atoms with Crippen LogP contribution in [-0.2, 0) is 22.4 Å². The van der Waals surface area contributed by atoms with E-state index in [1.165, 1.54) is 0 Å². The molecule has 2 fully saturated rings. The molecule has 2 aliphatic carbocycles. The van der Waals surface area contributed by atoms with E-state index in [1.807, 2.05) is 21.6 Å². The van der Waals surface area contributed by atoms with Crippen molar-refractivity contribution in [3.05, 3.63) is 51.9 Å². The Morgan fingerprint density at radius 2 is 1.86 bits per heavy atom. The molecule has 3 aromatic rings. The number of nitrogens with two attached hydrogens (primary N) is 1. The summed E-state index contributed by atoms with van der Waals surface area (Å²) in [5.74, 6) is 1.60. The van der Waals surface area contributed by atoms with Gasteiger partial charge in [0.1, 0.15) is 11.6 Å². The Hall–Kier alpha value is -3.17. The zero-order valence-corrected chi connectivity index (χ0v) is 21.0. The van der Waals surface area contributed by atoms with E-state index in [2.05, 4.69) is 10.3 Å². The number of aromatic nitrogens is 4. The van der Waals surface area contributed by atoms with Gasteiger partial charge in [0.2, 0.25) is 17.8 Å². The van der Waals surface area contributed by atoms with Crippen molar-refractivity contribution < 1.29 is 9.59 Å². The van der Waals surface area contributed by atoms with Gasteiger partial charge < -0.3 is 16.0 Å². The van der Waals surface area contributed by atoms with Crippen molar-refractivity contribution in [1.82, 2.24) is 24.4 Å². The molecule has 1 aromatic carbocycles. The zero-order valence-electron chi connectivity index (χ0n) is 19.5. The van der Waals surface area contributed by atoms with Gasteiger partial charge in [-0.3, -0.25) is 14.2 Å². The average molecular weight is 526 g/mol. The maximum atomic E-state index is 12.4. The van der Waals surface area contributed by atoms with Gasteiger partial charge in [-0.25, -0.2) is 9.97 Å². The number of rotatable bonds is 6. The van der Waals surface area contributed by atoms with Crippen molar-refractivity contribution in [1.29, 1.82) is 0 Å². The highest BCUT2D eigenvalue weighted by atomic mass is 35.5. The topological polar surface area (TPSA) is 119 Å². The normalized spacial score (nSPS) is 21.0. The Labute approximate surface area is 218 Å². The van der Waals surface area contributed by atoms with Crippen LogP contribution in [0.25, 0.3) is 17.2 Å². The molecule has 36 heavy (non-hydrogen) atoms. The number of hydrogen-bond donors (Lipinski definition) is 2. The van der Waals surface area contributed by atoms with Crippen LogP contribution in [0.3, 0.4) is 0 Å². The fraction of sp³-hybridized carbons (Fsp3) is 0.400. The van der Waals surface area contributed by atoms with Crippen LogP contribution < -0.4 is 11.1 Å². The lowest BCUT2D eigenvalue weighted by atomic mass is 10.1. The van der Waals surface area contributed by atoms with E-state index in [-0.39, 0.29) is 29.7 Å². The van der Waals surface area contributed by atoms with Crippen molar-refractivity contribution in [3.8, 4) is 17.2 Å². The Morgan fingerprint density at radius 3 is 2.61 bits per heavy atom. The fourth-order valence-electron chi connectivity index (χ4n) is 5.08. The number of nitrogens with one attached hydrogen (secondary N) is 1. The summed E-state index contributed by atoms with van der Waals surface area (Å²) >= 11 is 12.4. The van der Waals surface area contributed by atoms with E-state index >= 15 is 0 Å². The van der Waals surface area contributed by atoms with Crippen molar-refractivity contribution in [2.75, 3.05) is 18.4 Å². The highest BCUT2D eigenvalue weighted by Crippen LogP contribution is 2.36. The first kappa shape index (κ1) is 23.2. The van der Waals surface area contributed by atoms with Gasteiger partial charge in [-0.05, 0) is 43.5 Å². The number of carbonyl (C=O) groups excluding carboxylic acids is 2. The first-order valence-electron chi connectivity index (χ1n) is 12.1. The molecule has 9 nitrogen and oxygen atoms in total. The molecule has 6 rings (SSSR count). The molecule has 2 aromatic heterocycles. The molecule has 3 aliphatic rings. The van der Waals surface area contributed by atoms with Gasteiger partial charge in [0.05, 0.1) is 15.7 Å². The number of likely N-dealkylation sites (tertiary alicyclic amines) is 1. The first-order chi connectivity index (χ1) is 17.4. The standard InChI is InChI=1S/C25H25Cl2N7O2/c26-17-4-3-14(9-18(17)27)23-31-19-10-15(22(28)35)11-20(19)34(23)21-5-7-29-25(32-21)30-16-6-8-33(12-16)24(36)13-1-2-13/h3-5,7,9,13,15-16H,1-2,6,8,10-12H2,(H2,28,35)(H,29,30,32)/t15?,16-/m1/s1. The highest BCUT2D eigenvalue weighted by Gasteiger charge is 2.37. The molecular formula is C25H25Cl2N7O2. The zero-order chi connectivity index (χ0) is 25.0. The number of fused-ring (bicyclic) bond motifs is 1. The molecule has 2 amide bonds. The molecule has 0 radical (unpaired) electrons. The van der Waals surface area contributed by atoms with Crippen LogP contribution in [0.1, 0.15) is 30.7 Å². The van der Waals surface area contributed by atoms with Gasteiger partial charge in [0.15, 0.2) is 0 Å². The second-order valence-corrected chi connectivity index (χ2v) is 10.5. The number of anilines is 1. The lowest BCUT2D eigenvalue weighted by molar-refractivity contribution is -0.131. The third-order valence-corrected chi connectivity index (χ3v) is 7.88. The fourth-order valence-corrected chi connectivity index (χ4v) is 5.38. The molecule has 2 atom stereocenters. The van der Waals surface area contributed by atoms with Gasteiger partial charge >= 0.3 is 0 Å². The number of imidazole rings is 1. The predicted octanol–water partition coefficient (Wildman–Crippen LogP) is 3.26. The average Bonchev–Trinajstić information content (AvgIpc) is 3.29. The highest BCUT2D eigenvalue weighted by molar-refractivity contribution is 6.42. The van der Waals surface area contributed by atoms with Crippen molar-refractivity contribution in [2.45, 2.75) is 38.1 Å². The minimum atomic E-state index is -0.341. The number of benzene rings is 1. The van der Waals surface area contributed by atoms with E-state index in [1.54, 1.807) is 18.3 Å². The van der Waals surface area contributed by atoms with Crippen LogP contribution in [0.15, 0.2) is 30.5 Å². The minimum absolute atomic E-state index is 0.0882. The van der Waals surface area contributed by atoms with Gasteiger partial charge in [0.25, 0.3) is 0 Å². The van der Waals surface area contributed by atoms with E-state index in [9.17, 15) is 9.59 Å². The van der Waals surface area contributed by atoms with Crippen LogP contribution in [0.2, 0.25) is 10.0 Å². The molecule has 3 heterocycles. The summed E-state index contributed by atoms with van der Waals surface area (Å²) in [6.45, 7) is 1.40. The van der Waals surface area contributed by atoms with E-state index in [0.717, 1.165) is 42.8 Å². The summed E-state index contributed by atoms with van der Waals surface area (Å²) in [5.41, 5.74) is 8.11. The Balaban J connectivity index is 1.32. The largest absolute Gasteiger partial charge is 0.369 e. The molecular weight excluding hydrogens is 501 g/mol. The van der Waals surface area contributed by atoms with E-state index in [0.29, 0.717) is 47.0 Å². The minimum Gasteiger partial charge on any atom is -0.369 e. The quantitative estimate of drug-likeness (QED) is 0.509. The van der Waals surface area contributed by atoms with E-state index < -0.39 is 0 Å². The number of carbonyl (C=O) groups is 2. The predicted molar refractivity (Wildman–Crippen MR) is 136 cm³/mol. The Bertz CT molecular complexity index is 1370. The van der Waals surface area contributed by atoms with E-state index in [4.69, 9.17) is 38.9 Å². The van der Waals surface area contributed by atoms with Crippen LogP contribution in [0.4, 0.5) is 5.95 Å². The Morgan fingerprint density at radius 1 is 1.03 bits per heavy atom. The van der Waals surface area contributed by atoms with Crippen molar-refractivity contribution >= 4 is 41.0 Å². The molecule has 1 unspecified atom stereocenters. The van der Waals surface area contributed by atoms with Gasteiger partial charge in [-0.1, -0.05) is 23.2 Å². The summed E-state index contributed by atoms with van der Waals surface area (Å²) in [7, 11) is 0. The molecule has 0 bridgehead atoms. The number of primary amides is 1. The maximum Gasteiger partial charge on any atom is 0.225 e. The molecule has 0 spiro atoms. The van der Waals surface area contributed by atoms with Crippen LogP contribution in [0.5, 0.6) is 0 Å². The van der Waals surface area contributed by atoms with Gasteiger partial charge in [-0.15, -0.1) is 0 Å². The number of amides is 2. The lowest BCUT2D eigenvalue weighted by Gasteiger charge is -2.17. The van der Waals surface area contributed by atoms with Crippen molar-refractivity contribution in [2.24, 2.45) is 17.6 Å².